The number of fused-ring (bicyclic) bond motifs is 3. The van der Waals surface area contributed by atoms with Gasteiger partial charge < -0.3 is 11.1 Å². The standard InChI is InChI=1S/C20H23N5S/c21-13-6-8-14(9-7-13)23-19-17-15-4-1-5-16(15)26-20(17)25-18(24-19)12-3-2-10-22-11-12/h2-3,10-11,13-14H,1,4-9,21H2,(H,23,24,25). The van der Waals surface area contributed by atoms with Gasteiger partial charge in [0.15, 0.2) is 5.82 Å². The number of rotatable bonds is 3. The minimum Gasteiger partial charge on any atom is -0.367 e. The van der Waals surface area contributed by atoms with E-state index in [1.807, 2.05) is 29.7 Å². The number of anilines is 1. The lowest BCUT2D eigenvalue weighted by Crippen LogP contribution is -2.33. The molecule has 3 N–H and O–H groups in total. The van der Waals surface area contributed by atoms with E-state index in [4.69, 9.17) is 15.7 Å². The summed E-state index contributed by atoms with van der Waals surface area (Å²) in [7, 11) is 0. The highest BCUT2D eigenvalue weighted by Crippen LogP contribution is 2.41. The molecular formula is C20H23N5S. The van der Waals surface area contributed by atoms with Crippen LogP contribution in [0.15, 0.2) is 24.5 Å². The Morgan fingerprint density at radius 2 is 2.00 bits per heavy atom. The summed E-state index contributed by atoms with van der Waals surface area (Å²) in [4.78, 5) is 16.7. The van der Waals surface area contributed by atoms with E-state index in [2.05, 4.69) is 10.3 Å². The fraction of sp³-hybridized carbons (Fsp3) is 0.450. The van der Waals surface area contributed by atoms with Gasteiger partial charge in [-0.05, 0) is 62.6 Å². The van der Waals surface area contributed by atoms with Crippen LogP contribution >= 0.6 is 11.3 Å². The van der Waals surface area contributed by atoms with Crippen LogP contribution in [-0.2, 0) is 12.8 Å². The summed E-state index contributed by atoms with van der Waals surface area (Å²) in [5.41, 5.74) is 8.52. The first kappa shape index (κ1) is 16.1. The highest BCUT2D eigenvalue weighted by atomic mass is 32.1. The zero-order valence-electron chi connectivity index (χ0n) is 14.7. The van der Waals surface area contributed by atoms with E-state index in [9.17, 15) is 0 Å². The maximum atomic E-state index is 6.08. The molecular weight excluding hydrogens is 342 g/mol. The third-order valence-corrected chi connectivity index (χ3v) is 6.78. The molecule has 3 aromatic rings. The lowest BCUT2D eigenvalue weighted by atomic mass is 9.92. The van der Waals surface area contributed by atoms with Crippen molar-refractivity contribution < 1.29 is 0 Å². The molecule has 6 heteroatoms. The first-order valence-corrected chi connectivity index (χ1v) is 10.3. The second-order valence-electron chi connectivity index (χ2n) is 7.43. The predicted molar refractivity (Wildman–Crippen MR) is 107 cm³/mol. The van der Waals surface area contributed by atoms with Gasteiger partial charge in [-0.1, -0.05) is 0 Å². The molecule has 0 saturated heterocycles. The minimum atomic E-state index is 0.356. The van der Waals surface area contributed by atoms with Crippen LogP contribution in [0, 0.1) is 0 Å². The van der Waals surface area contributed by atoms with E-state index in [-0.39, 0.29) is 0 Å². The Morgan fingerprint density at radius 3 is 2.81 bits per heavy atom. The Labute approximate surface area is 157 Å². The number of aromatic nitrogens is 3. The summed E-state index contributed by atoms with van der Waals surface area (Å²) in [5, 5.41) is 5.00. The highest BCUT2D eigenvalue weighted by Gasteiger charge is 2.25. The zero-order chi connectivity index (χ0) is 17.5. The van der Waals surface area contributed by atoms with E-state index in [0.717, 1.165) is 54.1 Å². The van der Waals surface area contributed by atoms with Crippen molar-refractivity contribution >= 4 is 27.4 Å². The van der Waals surface area contributed by atoms with E-state index in [1.54, 1.807) is 6.20 Å². The maximum Gasteiger partial charge on any atom is 0.164 e. The number of hydrogen-bond acceptors (Lipinski definition) is 6. The molecule has 1 fully saturated rings. The van der Waals surface area contributed by atoms with Gasteiger partial charge in [-0.3, -0.25) is 4.98 Å². The first-order valence-electron chi connectivity index (χ1n) is 9.53. The van der Waals surface area contributed by atoms with Crippen molar-refractivity contribution in [3.8, 4) is 11.4 Å². The Hall–Kier alpha value is -2.05. The molecule has 2 aliphatic rings. The first-order chi connectivity index (χ1) is 12.8. The molecule has 0 aromatic carbocycles. The van der Waals surface area contributed by atoms with Crippen LogP contribution in [0.5, 0.6) is 0 Å². The van der Waals surface area contributed by atoms with Crippen LogP contribution in [0.4, 0.5) is 5.82 Å². The predicted octanol–water partition coefficient (Wildman–Crippen LogP) is 3.92. The van der Waals surface area contributed by atoms with Gasteiger partial charge in [-0.15, -0.1) is 11.3 Å². The molecule has 3 aromatic heterocycles. The van der Waals surface area contributed by atoms with Crippen LogP contribution in [0.3, 0.4) is 0 Å². The smallest absolute Gasteiger partial charge is 0.164 e. The molecule has 26 heavy (non-hydrogen) atoms. The van der Waals surface area contributed by atoms with Crippen molar-refractivity contribution in [1.29, 1.82) is 0 Å². The largest absolute Gasteiger partial charge is 0.367 e. The summed E-state index contributed by atoms with van der Waals surface area (Å²) in [6, 6.07) is 4.77. The highest BCUT2D eigenvalue weighted by molar-refractivity contribution is 7.19. The third kappa shape index (κ3) is 2.87. The van der Waals surface area contributed by atoms with E-state index in [1.165, 1.54) is 28.7 Å². The van der Waals surface area contributed by atoms with E-state index < -0.39 is 0 Å². The second-order valence-corrected chi connectivity index (χ2v) is 8.51. The van der Waals surface area contributed by atoms with Crippen LogP contribution < -0.4 is 11.1 Å². The van der Waals surface area contributed by atoms with E-state index >= 15 is 0 Å². The summed E-state index contributed by atoms with van der Waals surface area (Å²) in [6.45, 7) is 0. The third-order valence-electron chi connectivity index (χ3n) is 5.60. The Kier molecular flexibility index (Phi) is 4.10. The molecule has 1 saturated carbocycles. The Bertz CT molecular complexity index is 928. The molecule has 0 unspecified atom stereocenters. The maximum absolute atomic E-state index is 6.08. The van der Waals surface area contributed by atoms with Gasteiger partial charge in [0.1, 0.15) is 10.6 Å². The number of hydrogen-bond donors (Lipinski definition) is 2. The topological polar surface area (TPSA) is 76.7 Å². The molecule has 0 amide bonds. The van der Waals surface area contributed by atoms with E-state index in [0.29, 0.717) is 12.1 Å². The van der Waals surface area contributed by atoms with Crippen LogP contribution in [-0.4, -0.2) is 27.0 Å². The van der Waals surface area contributed by atoms with Gasteiger partial charge in [-0.25, -0.2) is 9.97 Å². The number of nitrogens with zero attached hydrogens (tertiary/aromatic N) is 3. The molecule has 0 spiro atoms. The van der Waals surface area contributed by atoms with Crippen LogP contribution in [0.2, 0.25) is 0 Å². The van der Waals surface area contributed by atoms with Gasteiger partial charge in [0.2, 0.25) is 0 Å². The number of thiophene rings is 1. The molecule has 3 heterocycles. The van der Waals surface area contributed by atoms with Crippen LogP contribution in [0.25, 0.3) is 21.6 Å². The number of nitrogens with one attached hydrogen (secondary N) is 1. The van der Waals surface area contributed by atoms with Gasteiger partial charge in [0, 0.05) is 34.9 Å². The minimum absolute atomic E-state index is 0.356. The molecule has 2 aliphatic carbocycles. The summed E-state index contributed by atoms with van der Waals surface area (Å²) >= 11 is 1.84. The SMILES string of the molecule is NC1CCC(Nc2nc(-c3cccnc3)nc3sc4c(c23)CCC4)CC1. The van der Waals surface area contributed by atoms with Crippen molar-refractivity contribution in [1.82, 2.24) is 15.0 Å². The lowest BCUT2D eigenvalue weighted by molar-refractivity contribution is 0.410. The summed E-state index contributed by atoms with van der Waals surface area (Å²) in [5.74, 6) is 1.77. The monoisotopic (exact) mass is 365 g/mol. The van der Waals surface area contributed by atoms with Gasteiger partial charge in [-0.2, -0.15) is 0 Å². The van der Waals surface area contributed by atoms with Crippen molar-refractivity contribution in [2.24, 2.45) is 5.73 Å². The van der Waals surface area contributed by atoms with Crippen LogP contribution in [0.1, 0.15) is 42.5 Å². The van der Waals surface area contributed by atoms with Gasteiger partial charge >= 0.3 is 0 Å². The van der Waals surface area contributed by atoms with Crippen molar-refractivity contribution in [2.75, 3.05) is 5.32 Å². The fourth-order valence-electron chi connectivity index (χ4n) is 4.18. The fourth-order valence-corrected chi connectivity index (χ4v) is 5.44. The zero-order valence-corrected chi connectivity index (χ0v) is 15.6. The molecule has 0 atom stereocenters. The molecule has 0 radical (unpaired) electrons. The average Bonchev–Trinajstić information content (AvgIpc) is 3.25. The van der Waals surface area contributed by atoms with Crippen molar-refractivity contribution in [3.63, 3.8) is 0 Å². The molecule has 5 nitrogen and oxygen atoms in total. The van der Waals surface area contributed by atoms with Crippen molar-refractivity contribution in [2.45, 2.75) is 57.0 Å². The van der Waals surface area contributed by atoms with Gasteiger partial charge in [0.05, 0.1) is 5.39 Å². The molecule has 134 valence electrons. The number of nitrogens with two attached hydrogens (primary N) is 1. The Morgan fingerprint density at radius 1 is 1.12 bits per heavy atom. The quantitative estimate of drug-likeness (QED) is 0.735. The summed E-state index contributed by atoms with van der Waals surface area (Å²) in [6.07, 6.45) is 11.6. The average molecular weight is 366 g/mol. The number of aryl methyl sites for hydroxylation is 2. The molecule has 0 aliphatic heterocycles. The summed E-state index contributed by atoms with van der Waals surface area (Å²) < 4.78 is 0. The van der Waals surface area contributed by atoms with Gasteiger partial charge in [0.25, 0.3) is 0 Å². The Balaban J connectivity index is 1.59. The lowest BCUT2D eigenvalue weighted by Gasteiger charge is -2.27. The molecule has 0 bridgehead atoms. The molecule has 5 rings (SSSR count). The normalized spacial score (nSPS) is 22.5. The second kappa shape index (κ2) is 6.59. The van der Waals surface area contributed by atoms with Crippen molar-refractivity contribution in [3.05, 3.63) is 35.0 Å². The number of pyridine rings is 1.